The molecule has 1 amide bonds. The van der Waals surface area contributed by atoms with Gasteiger partial charge in [0.05, 0.1) is 11.8 Å². The number of carbonyl (C=O) groups excluding carboxylic acids is 1. The number of piperidine rings is 1. The molecule has 1 aliphatic rings. The van der Waals surface area contributed by atoms with E-state index in [1.807, 2.05) is 44.2 Å². The number of nitrogens with zero attached hydrogens (tertiary/aromatic N) is 2. The number of rotatable bonds is 11. The molecule has 1 saturated heterocycles. The Bertz CT molecular complexity index is 772. The predicted molar refractivity (Wildman–Crippen MR) is 122 cm³/mol. The Hall–Kier alpha value is -2.44. The summed E-state index contributed by atoms with van der Waals surface area (Å²) in [6, 6.07) is 14.1. The van der Waals surface area contributed by atoms with Crippen molar-refractivity contribution in [3.8, 4) is 5.75 Å². The minimum absolute atomic E-state index is 0.129. The highest BCUT2D eigenvalue weighted by Crippen LogP contribution is 2.20. The molecule has 0 atom stereocenters. The molecule has 0 saturated carbocycles. The summed E-state index contributed by atoms with van der Waals surface area (Å²) in [5.74, 6) is 1.17. The van der Waals surface area contributed by atoms with E-state index in [0.29, 0.717) is 19.8 Å². The number of likely N-dealkylation sites (tertiary alicyclic amines) is 1. The van der Waals surface area contributed by atoms with Crippen LogP contribution in [0.3, 0.4) is 0 Å². The molecule has 1 fully saturated rings. The van der Waals surface area contributed by atoms with Crippen LogP contribution < -0.4 is 10.1 Å². The predicted octanol–water partition coefficient (Wildman–Crippen LogP) is 3.80. The van der Waals surface area contributed by atoms with Gasteiger partial charge in [-0.25, -0.2) is 0 Å². The molecule has 1 aliphatic heterocycles. The van der Waals surface area contributed by atoms with Crippen molar-refractivity contribution >= 4 is 5.91 Å². The van der Waals surface area contributed by atoms with Crippen molar-refractivity contribution in [2.75, 3.05) is 26.2 Å². The normalized spacial score (nSPS) is 15.2. The fourth-order valence-corrected chi connectivity index (χ4v) is 3.69. The second-order valence-electron chi connectivity index (χ2n) is 8.37. The molecule has 0 bridgehead atoms. The first-order valence-electron chi connectivity index (χ1n) is 11.3. The Morgan fingerprint density at radius 2 is 1.94 bits per heavy atom. The topological polar surface area (TPSA) is 63.7 Å². The van der Waals surface area contributed by atoms with Crippen LogP contribution >= 0.6 is 0 Å². The second kappa shape index (κ2) is 12.4. The van der Waals surface area contributed by atoms with Gasteiger partial charge in [-0.1, -0.05) is 18.2 Å². The van der Waals surface area contributed by atoms with E-state index >= 15 is 0 Å². The van der Waals surface area contributed by atoms with Gasteiger partial charge in [0.25, 0.3) is 0 Å². The molecule has 1 aromatic heterocycles. The summed E-state index contributed by atoms with van der Waals surface area (Å²) in [7, 11) is 0. The first-order chi connectivity index (χ1) is 15.1. The largest absolute Gasteiger partial charge is 0.487 e. The molecule has 2 heterocycles. The number of ether oxygens (including phenoxy) is 2. The summed E-state index contributed by atoms with van der Waals surface area (Å²) < 4.78 is 11.3. The van der Waals surface area contributed by atoms with E-state index in [-0.39, 0.29) is 17.9 Å². The molecule has 6 nitrogen and oxygen atoms in total. The van der Waals surface area contributed by atoms with E-state index in [0.717, 1.165) is 50.3 Å². The van der Waals surface area contributed by atoms with Crippen molar-refractivity contribution in [2.24, 2.45) is 5.92 Å². The monoisotopic (exact) mass is 425 g/mol. The van der Waals surface area contributed by atoms with Gasteiger partial charge in [0.15, 0.2) is 0 Å². The van der Waals surface area contributed by atoms with E-state index in [9.17, 15) is 4.79 Å². The maximum atomic E-state index is 12.4. The quantitative estimate of drug-likeness (QED) is 0.555. The Morgan fingerprint density at radius 1 is 1.16 bits per heavy atom. The van der Waals surface area contributed by atoms with Crippen LogP contribution in [0.4, 0.5) is 0 Å². The second-order valence-corrected chi connectivity index (χ2v) is 8.37. The summed E-state index contributed by atoms with van der Waals surface area (Å²) in [6.07, 6.45) is 4.72. The fourth-order valence-electron chi connectivity index (χ4n) is 3.69. The summed E-state index contributed by atoms with van der Waals surface area (Å²) in [4.78, 5) is 19.1. The standard InChI is InChI=1S/C25H35N3O3/c1-20(2)30-17-5-14-27-25(29)22-11-15-28(16-12-22)18-21-7-9-24(10-8-21)31-19-23-6-3-4-13-26-23/h3-4,6-10,13,20,22H,5,11-12,14-19H2,1-2H3,(H,27,29). The number of amides is 1. The average molecular weight is 426 g/mol. The molecule has 0 radical (unpaired) electrons. The molecule has 3 rings (SSSR count). The molecule has 1 N–H and O–H groups in total. The molecular formula is C25H35N3O3. The van der Waals surface area contributed by atoms with Crippen molar-refractivity contribution in [1.29, 1.82) is 0 Å². The SMILES string of the molecule is CC(C)OCCCNC(=O)C1CCN(Cc2ccc(OCc3ccccn3)cc2)CC1. The zero-order valence-corrected chi connectivity index (χ0v) is 18.8. The van der Waals surface area contributed by atoms with Crippen LogP contribution in [0.5, 0.6) is 5.75 Å². The minimum atomic E-state index is 0.129. The minimum Gasteiger partial charge on any atom is -0.487 e. The van der Waals surface area contributed by atoms with Crippen LogP contribution in [0.25, 0.3) is 0 Å². The lowest BCUT2D eigenvalue weighted by atomic mass is 9.95. The Labute approximate surface area is 186 Å². The van der Waals surface area contributed by atoms with E-state index < -0.39 is 0 Å². The third-order valence-corrected chi connectivity index (χ3v) is 5.47. The maximum absolute atomic E-state index is 12.4. The van der Waals surface area contributed by atoms with Crippen LogP contribution in [0.1, 0.15) is 44.4 Å². The lowest BCUT2D eigenvalue weighted by Crippen LogP contribution is -2.40. The van der Waals surface area contributed by atoms with Gasteiger partial charge in [0.2, 0.25) is 5.91 Å². The number of nitrogens with one attached hydrogen (secondary N) is 1. The Balaban J connectivity index is 1.33. The van der Waals surface area contributed by atoms with Gasteiger partial charge in [0, 0.05) is 31.8 Å². The van der Waals surface area contributed by atoms with E-state index in [4.69, 9.17) is 9.47 Å². The maximum Gasteiger partial charge on any atom is 0.223 e. The average Bonchev–Trinajstić information content (AvgIpc) is 2.79. The van der Waals surface area contributed by atoms with Crippen molar-refractivity contribution in [3.63, 3.8) is 0 Å². The van der Waals surface area contributed by atoms with Crippen molar-refractivity contribution in [3.05, 3.63) is 59.9 Å². The summed E-state index contributed by atoms with van der Waals surface area (Å²) >= 11 is 0. The Kier molecular flexibility index (Phi) is 9.31. The van der Waals surface area contributed by atoms with Gasteiger partial charge in [0.1, 0.15) is 12.4 Å². The summed E-state index contributed by atoms with van der Waals surface area (Å²) in [5.41, 5.74) is 2.18. The molecule has 2 aromatic rings. The van der Waals surface area contributed by atoms with Crippen molar-refractivity contribution < 1.29 is 14.3 Å². The fraction of sp³-hybridized carbons (Fsp3) is 0.520. The molecule has 31 heavy (non-hydrogen) atoms. The molecule has 1 aromatic carbocycles. The first-order valence-corrected chi connectivity index (χ1v) is 11.3. The highest BCUT2D eigenvalue weighted by Gasteiger charge is 2.24. The number of carbonyl (C=O) groups is 1. The highest BCUT2D eigenvalue weighted by molar-refractivity contribution is 5.78. The number of benzene rings is 1. The number of aromatic nitrogens is 1. The van der Waals surface area contributed by atoms with E-state index in [1.165, 1.54) is 5.56 Å². The van der Waals surface area contributed by atoms with E-state index in [2.05, 4.69) is 27.3 Å². The van der Waals surface area contributed by atoms with Crippen molar-refractivity contribution in [1.82, 2.24) is 15.2 Å². The van der Waals surface area contributed by atoms with Gasteiger partial charge in [-0.05, 0) is 76.0 Å². The lowest BCUT2D eigenvalue weighted by molar-refractivity contribution is -0.126. The summed E-state index contributed by atoms with van der Waals surface area (Å²) in [5, 5.41) is 3.06. The smallest absolute Gasteiger partial charge is 0.223 e. The van der Waals surface area contributed by atoms with Gasteiger partial charge in [-0.2, -0.15) is 0 Å². The van der Waals surface area contributed by atoms with Crippen molar-refractivity contribution in [2.45, 2.75) is 52.4 Å². The zero-order chi connectivity index (χ0) is 21.9. The molecule has 0 aliphatic carbocycles. The van der Waals surface area contributed by atoms with Crippen LogP contribution in [0, 0.1) is 5.92 Å². The van der Waals surface area contributed by atoms with E-state index in [1.54, 1.807) is 6.20 Å². The first kappa shape index (κ1) is 23.2. The molecular weight excluding hydrogens is 390 g/mol. The van der Waals surface area contributed by atoms with Crippen LogP contribution in [-0.4, -0.2) is 48.1 Å². The summed E-state index contributed by atoms with van der Waals surface area (Å²) in [6.45, 7) is 8.72. The highest BCUT2D eigenvalue weighted by atomic mass is 16.5. The van der Waals surface area contributed by atoms with Gasteiger partial charge < -0.3 is 14.8 Å². The lowest BCUT2D eigenvalue weighted by Gasteiger charge is -2.31. The number of hydrogen-bond donors (Lipinski definition) is 1. The number of pyridine rings is 1. The van der Waals surface area contributed by atoms with Crippen LogP contribution in [0.15, 0.2) is 48.7 Å². The molecule has 0 spiro atoms. The molecule has 6 heteroatoms. The van der Waals surface area contributed by atoms with Gasteiger partial charge >= 0.3 is 0 Å². The zero-order valence-electron chi connectivity index (χ0n) is 18.8. The third kappa shape index (κ3) is 8.31. The van der Waals surface area contributed by atoms with Crippen LogP contribution in [-0.2, 0) is 22.7 Å². The molecule has 0 unspecified atom stereocenters. The van der Waals surface area contributed by atoms with Gasteiger partial charge in [-0.3, -0.25) is 14.7 Å². The van der Waals surface area contributed by atoms with Gasteiger partial charge in [-0.15, -0.1) is 0 Å². The number of hydrogen-bond acceptors (Lipinski definition) is 5. The Morgan fingerprint density at radius 3 is 2.61 bits per heavy atom. The third-order valence-electron chi connectivity index (χ3n) is 5.47. The van der Waals surface area contributed by atoms with Crippen LogP contribution in [0.2, 0.25) is 0 Å². The molecule has 168 valence electrons.